The summed E-state index contributed by atoms with van der Waals surface area (Å²) in [7, 11) is 0. The molecule has 2 rings (SSSR count). The predicted molar refractivity (Wildman–Crippen MR) is 72.9 cm³/mol. The molecule has 17 heavy (non-hydrogen) atoms. The van der Waals surface area contributed by atoms with Crippen LogP contribution in [0.25, 0.3) is 0 Å². The zero-order valence-electron chi connectivity index (χ0n) is 9.50. The van der Waals surface area contributed by atoms with Gasteiger partial charge in [0, 0.05) is 10.5 Å². The van der Waals surface area contributed by atoms with Gasteiger partial charge >= 0.3 is 0 Å². The minimum absolute atomic E-state index is 0.538. The minimum atomic E-state index is 0.538. The Bertz CT molecular complexity index is 557. The van der Waals surface area contributed by atoms with E-state index >= 15 is 0 Å². The molecule has 4 heteroatoms. The Kier molecular flexibility index (Phi) is 3.69. The highest BCUT2D eigenvalue weighted by atomic mass is 79.9. The van der Waals surface area contributed by atoms with E-state index in [-0.39, 0.29) is 0 Å². The first-order valence-corrected chi connectivity index (χ1v) is 6.30. The minimum Gasteiger partial charge on any atom is -0.437 e. The van der Waals surface area contributed by atoms with E-state index in [4.69, 9.17) is 16.3 Å². The fourth-order valence-corrected chi connectivity index (χ4v) is 1.87. The molecule has 0 bridgehead atoms. The predicted octanol–water partition coefficient (Wildman–Crippen LogP) is 4.91. The van der Waals surface area contributed by atoms with Gasteiger partial charge in [-0.05, 0) is 53.5 Å². The van der Waals surface area contributed by atoms with Crippen molar-refractivity contribution >= 4 is 27.5 Å². The molecule has 2 aromatic rings. The average Bonchev–Trinajstić information content (AvgIpc) is 2.27. The molecule has 0 fully saturated rings. The average molecular weight is 313 g/mol. The van der Waals surface area contributed by atoms with Gasteiger partial charge in [0.15, 0.2) is 0 Å². The van der Waals surface area contributed by atoms with Gasteiger partial charge in [-0.3, -0.25) is 0 Å². The van der Waals surface area contributed by atoms with Gasteiger partial charge in [-0.1, -0.05) is 17.7 Å². The van der Waals surface area contributed by atoms with Crippen molar-refractivity contribution in [2.45, 2.75) is 13.8 Å². The number of rotatable bonds is 2. The summed E-state index contributed by atoms with van der Waals surface area (Å²) in [5.41, 5.74) is 1.98. The van der Waals surface area contributed by atoms with Crippen LogP contribution < -0.4 is 4.74 Å². The molecular weight excluding hydrogens is 302 g/mol. The Hall–Kier alpha value is -1.06. The van der Waals surface area contributed by atoms with Crippen LogP contribution in [0.3, 0.4) is 0 Å². The smallest absolute Gasteiger partial charge is 0.219 e. The molecular formula is C13H11BrClNO. The number of nitrogens with zero attached hydrogens (tertiary/aromatic N) is 1. The second-order valence-electron chi connectivity index (χ2n) is 3.75. The number of benzene rings is 1. The lowest BCUT2D eigenvalue weighted by molar-refractivity contribution is 0.461. The van der Waals surface area contributed by atoms with E-state index in [1.54, 1.807) is 6.07 Å². The van der Waals surface area contributed by atoms with Gasteiger partial charge in [-0.2, -0.15) is 0 Å². The summed E-state index contributed by atoms with van der Waals surface area (Å²) in [6, 6.07) is 9.36. The van der Waals surface area contributed by atoms with Crippen molar-refractivity contribution in [3.05, 3.63) is 51.1 Å². The summed E-state index contributed by atoms with van der Waals surface area (Å²) >= 11 is 9.48. The molecule has 2 nitrogen and oxygen atoms in total. The topological polar surface area (TPSA) is 22.1 Å². The van der Waals surface area contributed by atoms with E-state index in [0.717, 1.165) is 15.7 Å². The van der Waals surface area contributed by atoms with Crippen molar-refractivity contribution < 1.29 is 4.74 Å². The Balaban J connectivity index is 2.28. The van der Waals surface area contributed by atoms with Gasteiger partial charge in [0.2, 0.25) is 5.88 Å². The van der Waals surface area contributed by atoms with Crippen LogP contribution in [0, 0.1) is 13.8 Å². The van der Waals surface area contributed by atoms with Gasteiger partial charge in [-0.25, -0.2) is 4.98 Å². The highest BCUT2D eigenvalue weighted by Gasteiger charge is 2.05. The van der Waals surface area contributed by atoms with Gasteiger partial charge in [-0.15, -0.1) is 0 Å². The largest absolute Gasteiger partial charge is 0.437 e. The quantitative estimate of drug-likeness (QED) is 0.786. The summed E-state index contributed by atoms with van der Waals surface area (Å²) in [6.07, 6.45) is 0. The van der Waals surface area contributed by atoms with Crippen molar-refractivity contribution in [2.75, 3.05) is 0 Å². The van der Waals surface area contributed by atoms with E-state index in [2.05, 4.69) is 20.9 Å². The maximum atomic E-state index is 6.09. The number of hydrogen-bond acceptors (Lipinski definition) is 2. The van der Waals surface area contributed by atoms with E-state index in [1.807, 2.05) is 38.1 Å². The second-order valence-corrected chi connectivity index (χ2v) is 5.01. The maximum absolute atomic E-state index is 6.09. The van der Waals surface area contributed by atoms with Crippen LogP contribution in [-0.2, 0) is 0 Å². The summed E-state index contributed by atoms with van der Waals surface area (Å²) in [5, 5.41) is 0.590. The lowest BCUT2D eigenvalue weighted by Gasteiger charge is -2.08. The van der Waals surface area contributed by atoms with E-state index in [1.165, 1.54) is 0 Å². The van der Waals surface area contributed by atoms with Crippen LogP contribution in [0.15, 0.2) is 34.8 Å². The van der Waals surface area contributed by atoms with Crippen molar-refractivity contribution in [1.82, 2.24) is 4.98 Å². The normalized spacial score (nSPS) is 10.4. The lowest BCUT2D eigenvalue weighted by atomic mass is 10.2. The molecule has 0 radical (unpaired) electrons. The second kappa shape index (κ2) is 5.07. The fraction of sp³-hybridized carbons (Fsp3) is 0.154. The SMILES string of the molecule is Cc1ccc(Oc2ccc(Br)c(C)n2)c(Cl)c1. The van der Waals surface area contributed by atoms with Gasteiger partial charge in [0.25, 0.3) is 0 Å². The van der Waals surface area contributed by atoms with Crippen molar-refractivity contribution in [2.24, 2.45) is 0 Å². The van der Waals surface area contributed by atoms with Crippen LogP contribution in [-0.4, -0.2) is 4.98 Å². The van der Waals surface area contributed by atoms with Crippen LogP contribution in [0.1, 0.15) is 11.3 Å². The van der Waals surface area contributed by atoms with E-state index in [9.17, 15) is 0 Å². The van der Waals surface area contributed by atoms with Gasteiger partial charge in [0.1, 0.15) is 5.75 Å². The maximum Gasteiger partial charge on any atom is 0.219 e. The summed E-state index contributed by atoms with van der Waals surface area (Å²) in [5.74, 6) is 1.16. The van der Waals surface area contributed by atoms with Crippen molar-refractivity contribution in [3.63, 3.8) is 0 Å². The van der Waals surface area contributed by atoms with Crippen LogP contribution in [0.5, 0.6) is 11.6 Å². The Labute approximate surface area is 114 Å². The lowest BCUT2D eigenvalue weighted by Crippen LogP contribution is -1.91. The molecule has 88 valence electrons. The van der Waals surface area contributed by atoms with Crippen molar-refractivity contribution in [1.29, 1.82) is 0 Å². The first kappa shape index (κ1) is 12.4. The fourth-order valence-electron chi connectivity index (χ4n) is 1.38. The van der Waals surface area contributed by atoms with Crippen LogP contribution >= 0.6 is 27.5 Å². The van der Waals surface area contributed by atoms with Crippen LogP contribution in [0.4, 0.5) is 0 Å². The molecule has 1 aromatic carbocycles. The number of ether oxygens (including phenoxy) is 1. The first-order chi connectivity index (χ1) is 8.06. The third-order valence-corrected chi connectivity index (χ3v) is 3.43. The third kappa shape index (κ3) is 2.99. The molecule has 0 aliphatic carbocycles. The highest BCUT2D eigenvalue weighted by Crippen LogP contribution is 2.30. The third-order valence-electron chi connectivity index (χ3n) is 2.30. The standard InChI is InChI=1S/C13H11BrClNO/c1-8-3-5-12(11(15)7-8)17-13-6-4-10(14)9(2)16-13/h3-7H,1-2H3. The molecule has 0 atom stereocenters. The molecule has 0 amide bonds. The highest BCUT2D eigenvalue weighted by molar-refractivity contribution is 9.10. The summed E-state index contributed by atoms with van der Waals surface area (Å²) < 4.78 is 6.59. The van der Waals surface area contributed by atoms with Gasteiger partial charge < -0.3 is 4.74 Å². The monoisotopic (exact) mass is 311 g/mol. The molecule has 0 unspecified atom stereocenters. The molecule has 1 heterocycles. The molecule has 0 N–H and O–H groups in total. The Morgan fingerprint density at radius 3 is 2.59 bits per heavy atom. The molecule has 0 spiro atoms. The first-order valence-electron chi connectivity index (χ1n) is 5.13. The number of halogens is 2. The zero-order chi connectivity index (χ0) is 12.4. The number of aromatic nitrogens is 1. The summed E-state index contributed by atoms with van der Waals surface area (Å²) in [6.45, 7) is 3.89. The molecule has 1 aromatic heterocycles. The molecule has 0 aliphatic heterocycles. The zero-order valence-corrected chi connectivity index (χ0v) is 11.8. The van der Waals surface area contributed by atoms with E-state index in [0.29, 0.717) is 16.7 Å². The molecule has 0 aliphatic rings. The van der Waals surface area contributed by atoms with E-state index < -0.39 is 0 Å². The Morgan fingerprint density at radius 2 is 1.94 bits per heavy atom. The molecule has 0 saturated heterocycles. The summed E-state index contributed by atoms with van der Waals surface area (Å²) in [4.78, 5) is 4.30. The molecule has 0 saturated carbocycles. The van der Waals surface area contributed by atoms with Crippen molar-refractivity contribution in [3.8, 4) is 11.6 Å². The number of hydrogen-bond donors (Lipinski definition) is 0. The van der Waals surface area contributed by atoms with Crippen LogP contribution in [0.2, 0.25) is 5.02 Å². The Morgan fingerprint density at radius 1 is 1.18 bits per heavy atom. The number of pyridine rings is 1. The van der Waals surface area contributed by atoms with Gasteiger partial charge in [0.05, 0.1) is 10.7 Å². The number of aryl methyl sites for hydroxylation is 2.